The number of benzene rings is 1. The van der Waals surface area contributed by atoms with Crippen molar-refractivity contribution in [3.63, 3.8) is 0 Å². The van der Waals surface area contributed by atoms with E-state index in [4.69, 9.17) is 4.42 Å². The van der Waals surface area contributed by atoms with Gasteiger partial charge in [0.25, 0.3) is 6.01 Å². The Kier molecular flexibility index (Phi) is 10.3. The summed E-state index contributed by atoms with van der Waals surface area (Å²) in [4.78, 5) is 45.1. The van der Waals surface area contributed by atoms with Gasteiger partial charge < -0.3 is 25.1 Å². The van der Waals surface area contributed by atoms with E-state index in [-0.39, 0.29) is 30.1 Å². The number of hydrogen-bond donors (Lipinski definition) is 3. The van der Waals surface area contributed by atoms with Crippen LogP contribution in [0.5, 0.6) is 0 Å². The summed E-state index contributed by atoms with van der Waals surface area (Å²) < 4.78 is 28.8. The minimum Gasteiger partial charge on any atom is -0.465 e. The van der Waals surface area contributed by atoms with E-state index in [9.17, 15) is 27.9 Å². The van der Waals surface area contributed by atoms with Gasteiger partial charge in [-0.15, -0.1) is 0 Å². The number of hydrogen-bond acceptors (Lipinski definition) is 9. The van der Waals surface area contributed by atoms with Crippen molar-refractivity contribution < 1.29 is 27.5 Å². The Morgan fingerprint density at radius 3 is 2.42 bits per heavy atom. The Morgan fingerprint density at radius 1 is 1.21 bits per heavy atom. The lowest BCUT2D eigenvalue weighted by atomic mass is 10.0. The molecule has 0 aliphatic rings. The van der Waals surface area contributed by atoms with Gasteiger partial charge in [0.2, 0.25) is 5.91 Å². The van der Waals surface area contributed by atoms with Crippen molar-refractivity contribution in [3.8, 4) is 0 Å². The molecule has 2 amide bonds. The number of carbonyl (C=O) groups excluding carboxylic acids is 1. The molecule has 0 saturated carbocycles. The van der Waals surface area contributed by atoms with Crippen molar-refractivity contribution in [2.75, 3.05) is 44.5 Å². The normalized spacial score (nSPS) is 12.9. The van der Waals surface area contributed by atoms with Crippen molar-refractivity contribution >= 4 is 38.8 Å². The zero-order valence-corrected chi connectivity index (χ0v) is 23.9. The summed E-state index contributed by atoms with van der Waals surface area (Å²) in [6.07, 6.45) is 0.662. The summed E-state index contributed by atoms with van der Waals surface area (Å²) in [5, 5.41) is 15.4. The van der Waals surface area contributed by atoms with Gasteiger partial charge in [0.15, 0.2) is 0 Å². The molecule has 0 saturated heterocycles. The van der Waals surface area contributed by atoms with Crippen molar-refractivity contribution in [2.45, 2.75) is 58.7 Å². The number of fused-ring (bicyclic) bond motifs is 1. The smallest absolute Gasteiger partial charge is 0.408 e. The van der Waals surface area contributed by atoms with E-state index in [1.165, 1.54) is 4.90 Å². The quantitative estimate of drug-likeness (QED) is 0.332. The number of anilines is 1. The van der Waals surface area contributed by atoms with Crippen LogP contribution in [0, 0.1) is 6.92 Å². The molecule has 1 atom stereocenters. The van der Waals surface area contributed by atoms with Gasteiger partial charge in [-0.3, -0.25) is 9.69 Å². The third kappa shape index (κ3) is 8.98. The largest absolute Gasteiger partial charge is 0.465 e. The maximum Gasteiger partial charge on any atom is 0.408 e. The molecule has 0 fully saturated rings. The van der Waals surface area contributed by atoms with Crippen molar-refractivity contribution in [1.29, 1.82) is 0 Å². The number of sulfone groups is 1. The first kappa shape index (κ1) is 31.0. The van der Waals surface area contributed by atoms with Gasteiger partial charge in [-0.05, 0) is 78.4 Å². The second kappa shape index (κ2) is 12.6. The van der Waals surface area contributed by atoms with Gasteiger partial charge >= 0.3 is 11.7 Å². The highest BCUT2D eigenvalue weighted by Crippen LogP contribution is 2.24. The molecule has 2 rings (SSSR count). The third-order valence-corrected chi connectivity index (χ3v) is 6.99. The number of carbonyl (C=O) groups is 2. The van der Waals surface area contributed by atoms with Gasteiger partial charge in [-0.1, -0.05) is 6.07 Å². The fraction of sp³-hybridized carbons (Fsp3) is 0.600. The monoisotopic (exact) mass is 553 g/mol. The Labute approximate surface area is 223 Å². The van der Waals surface area contributed by atoms with Crippen LogP contribution in [-0.4, -0.2) is 91.1 Å². The molecule has 0 aliphatic heterocycles. The van der Waals surface area contributed by atoms with Crippen LogP contribution in [-0.2, 0) is 21.2 Å². The number of rotatable bonds is 12. The lowest BCUT2D eigenvalue weighted by Crippen LogP contribution is -2.44. The highest BCUT2D eigenvalue weighted by atomic mass is 32.2. The maximum atomic E-state index is 13.0. The molecule has 38 heavy (non-hydrogen) atoms. The van der Waals surface area contributed by atoms with Gasteiger partial charge in [0.05, 0.1) is 16.7 Å². The summed E-state index contributed by atoms with van der Waals surface area (Å²) in [5.41, 5.74) is 0.113. The number of amides is 2. The van der Waals surface area contributed by atoms with E-state index >= 15 is 0 Å². The molecule has 13 heteroatoms. The minimum absolute atomic E-state index is 0.0441. The lowest BCUT2D eigenvalue weighted by Gasteiger charge is -2.33. The van der Waals surface area contributed by atoms with Crippen LogP contribution in [0.4, 0.5) is 10.8 Å². The molecule has 1 heterocycles. The molecule has 0 aliphatic carbocycles. The lowest BCUT2D eigenvalue weighted by molar-refractivity contribution is -0.121. The number of nitrogens with one attached hydrogen (secondary N) is 2. The summed E-state index contributed by atoms with van der Waals surface area (Å²) in [6.45, 7) is 8.28. The first-order chi connectivity index (χ1) is 17.5. The molecule has 12 nitrogen and oxygen atoms in total. The zero-order chi connectivity index (χ0) is 28.8. The molecule has 0 spiro atoms. The van der Waals surface area contributed by atoms with Crippen LogP contribution in [0.1, 0.15) is 44.7 Å². The Bertz CT molecular complexity index is 1320. The van der Waals surface area contributed by atoms with Crippen LogP contribution in [0.15, 0.2) is 21.3 Å². The standard InChI is InChI=1S/C25H39N5O7S/c1-16-17(15-30(24(33)34)25(2,3)4)9-10-18-20(16)22(32)37-23(27-18)28-19(11-14-38(7,35)36)21(31)26-12-8-13-29(5)6/h9-10,19H,8,11-15H2,1-7H3,(H,26,31)(H,27,28)(H,33,34). The van der Waals surface area contributed by atoms with Gasteiger partial charge in [0, 0.05) is 24.9 Å². The predicted molar refractivity (Wildman–Crippen MR) is 146 cm³/mol. The van der Waals surface area contributed by atoms with Crippen molar-refractivity contribution in [1.82, 2.24) is 20.1 Å². The minimum atomic E-state index is -3.35. The number of nitrogens with zero attached hydrogens (tertiary/aromatic N) is 3. The van der Waals surface area contributed by atoms with Crippen LogP contribution in [0.2, 0.25) is 0 Å². The van der Waals surface area contributed by atoms with E-state index in [2.05, 4.69) is 15.6 Å². The number of aromatic nitrogens is 1. The van der Waals surface area contributed by atoms with E-state index in [0.29, 0.717) is 29.6 Å². The molecule has 1 aromatic carbocycles. The summed E-state index contributed by atoms with van der Waals surface area (Å²) in [7, 11) is 0.493. The summed E-state index contributed by atoms with van der Waals surface area (Å²) in [6, 6.07) is 2.09. The summed E-state index contributed by atoms with van der Waals surface area (Å²) in [5.74, 6) is -0.677. The molecular weight excluding hydrogens is 514 g/mol. The van der Waals surface area contributed by atoms with Crippen LogP contribution in [0.25, 0.3) is 10.9 Å². The zero-order valence-electron chi connectivity index (χ0n) is 23.1. The predicted octanol–water partition coefficient (Wildman–Crippen LogP) is 2.06. The molecular formula is C25H39N5O7S. The second-order valence-electron chi connectivity index (χ2n) is 10.7. The highest BCUT2D eigenvalue weighted by Gasteiger charge is 2.27. The molecule has 1 unspecified atom stereocenters. The first-order valence-electron chi connectivity index (χ1n) is 12.3. The Balaban J connectivity index is 2.34. The molecule has 212 valence electrons. The van der Waals surface area contributed by atoms with Gasteiger partial charge in [0.1, 0.15) is 15.9 Å². The van der Waals surface area contributed by atoms with Crippen LogP contribution in [0.3, 0.4) is 0 Å². The van der Waals surface area contributed by atoms with E-state index in [1.807, 2.05) is 19.0 Å². The molecule has 1 aromatic heterocycles. The third-order valence-electron chi connectivity index (χ3n) is 6.01. The maximum absolute atomic E-state index is 13.0. The Hall–Kier alpha value is -3.19. The van der Waals surface area contributed by atoms with E-state index in [0.717, 1.165) is 12.8 Å². The van der Waals surface area contributed by atoms with Gasteiger partial charge in [-0.2, -0.15) is 4.98 Å². The van der Waals surface area contributed by atoms with E-state index < -0.39 is 39.0 Å². The number of carboxylic acid groups (broad SMARTS) is 1. The van der Waals surface area contributed by atoms with Crippen molar-refractivity contribution in [2.24, 2.45) is 0 Å². The fourth-order valence-electron chi connectivity index (χ4n) is 3.84. The average molecular weight is 554 g/mol. The highest BCUT2D eigenvalue weighted by molar-refractivity contribution is 7.90. The number of aryl methyl sites for hydroxylation is 1. The topological polar surface area (TPSA) is 162 Å². The fourth-order valence-corrected chi connectivity index (χ4v) is 4.50. The van der Waals surface area contributed by atoms with Crippen LogP contribution < -0.4 is 16.3 Å². The second-order valence-corrected chi connectivity index (χ2v) is 12.9. The molecule has 0 bridgehead atoms. The van der Waals surface area contributed by atoms with Crippen LogP contribution >= 0.6 is 0 Å². The SMILES string of the molecule is Cc1c(CN(C(=O)O)C(C)(C)C)ccc2nc(NC(CCS(C)(=O)=O)C(=O)NCCCN(C)C)oc(=O)c12. The average Bonchev–Trinajstić information content (AvgIpc) is 2.76. The first-order valence-corrected chi connectivity index (χ1v) is 14.4. The van der Waals surface area contributed by atoms with Gasteiger partial charge in [-0.25, -0.2) is 18.0 Å². The molecule has 3 N–H and O–H groups in total. The molecule has 0 radical (unpaired) electrons. The van der Waals surface area contributed by atoms with E-state index in [1.54, 1.807) is 39.8 Å². The summed E-state index contributed by atoms with van der Waals surface area (Å²) >= 11 is 0. The Morgan fingerprint density at radius 2 is 1.87 bits per heavy atom. The molecule has 2 aromatic rings. The van der Waals surface area contributed by atoms with Crippen molar-refractivity contribution in [3.05, 3.63) is 33.7 Å².